The van der Waals surface area contributed by atoms with Crippen molar-refractivity contribution < 1.29 is 14.6 Å². The Balaban J connectivity index is 2.36. The van der Waals surface area contributed by atoms with E-state index in [1.54, 1.807) is 7.11 Å². The summed E-state index contributed by atoms with van der Waals surface area (Å²) in [5, 5.41) is 17.7. The maximum atomic E-state index is 10.7. The quantitative estimate of drug-likeness (QED) is 0.753. The molecule has 112 valence electrons. The van der Waals surface area contributed by atoms with Crippen LogP contribution in [0.15, 0.2) is 33.9 Å². The number of thioether (sulfide) groups is 1. The summed E-state index contributed by atoms with van der Waals surface area (Å²) in [5.41, 5.74) is 0.906. The molecule has 1 heterocycles. The Morgan fingerprint density at radius 2 is 2.19 bits per heavy atom. The topological polar surface area (TPSA) is 77.2 Å². The predicted octanol–water partition coefficient (Wildman–Crippen LogP) is 2.53. The summed E-state index contributed by atoms with van der Waals surface area (Å²) in [7, 11) is 1.62. The van der Waals surface area contributed by atoms with Gasteiger partial charge in [-0.05, 0) is 6.07 Å². The van der Waals surface area contributed by atoms with Crippen molar-refractivity contribution in [2.24, 2.45) is 0 Å². The number of carbonyl (C=O) groups is 1. The summed E-state index contributed by atoms with van der Waals surface area (Å²) in [6, 6.07) is 7.70. The van der Waals surface area contributed by atoms with E-state index in [4.69, 9.17) is 9.84 Å². The van der Waals surface area contributed by atoms with Crippen molar-refractivity contribution in [1.29, 1.82) is 0 Å². The summed E-state index contributed by atoms with van der Waals surface area (Å²) in [4.78, 5) is 10.7. The third-order valence-corrected chi connectivity index (χ3v) is 4.32. The van der Waals surface area contributed by atoms with Gasteiger partial charge in [-0.2, -0.15) is 0 Å². The summed E-state index contributed by atoms with van der Waals surface area (Å²) in [6.07, 6.45) is 0. The van der Waals surface area contributed by atoms with Crippen LogP contribution in [-0.4, -0.2) is 45.3 Å². The van der Waals surface area contributed by atoms with Gasteiger partial charge in [-0.15, -0.1) is 10.2 Å². The van der Waals surface area contributed by atoms with Crippen LogP contribution in [0.1, 0.15) is 0 Å². The zero-order valence-corrected chi connectivity index (χ0v) is 13.7. The van der Waals surface area contributed by atoms with Gasteiger partial charge in [-0.1, -0.05) is 45.9 Å². The van der Waals surface area contributed by atoms with E-state index in [9.17, 15) is 4.79 Å². The van der Waals surface area contributed by atoms with Gasteiger partial charge in [0.25, 0.3) is 0 Å². The lowest BCUT2D eigenvalue weighted by Crippen LogP contribution is -2.09. The molecule has 1 aromatic heterocycles. The molecule has 2 rings (SSSR count). The molecule has 0 unspecified atom stereocenters. The van der Waals surface area contributed by atoms with E-state index >= 15 is 0 Å². The molecule has 21 heavy (non-hydrogen) atoms. The number of halogens is 1. The number of hydrogen-bond acceptors (Lipinski definition) is 5. The number of aromatic nitrogens is 3. The molecule has 8 heteroatoms. The summed E-state index contributed by atoms with van der Waals surface area (Å²) in [5.74, 6) is -0.253. The number of carboxylic acid groups (broad SMARTS) is 1. The highest BCUT2D eigenvalue weighted by Crippen LogP contribution is 2.29. The van der Waals surface area contributed by atoms with Crippen molar-refractivity contribution in [2.45, 2.75) is 11.7 Å². The first-order valence-electron chi connectivity index (χ1n) is 6.15. The molecule has 0 spiro atoms. The van der Waals surface area contributed by atoms with E-state index in [1.165, 1.54) is 0 Å². The maximum Gasteiger partial charge on any atom is 0.313 e. The highest BCUT2D eigenvalue weighted by molar-refractivity contribution is 9.10. The zero-order valence-electron chi connectivity index (χ0n) is 11.3. The zero-order chi connectivity index (χ0) is 15.2. The van der Waals surface area contributed by atoms with Crippen LogP contribution in [0.3, 0.4) is 0 Å². The van der Waals surface area contributed by atoms with Crippen molar-refractivity contribution >= 4 is 33.7 Å². The van der Waals surface area contributed by atoms with Crippen LogP contribution in [-0.2, 0) is 16.1 Å². The van der Waals surface area contributed by atoms with Gasteiger partial charge < -0.3 is 9.84 Å². The Bertz CT molecular complexity index is 633. The predicted molar refractivity (Wildman–Crippen MR) is 83.4 cm³/mol. The molecule has 6 nitrogen and oxygen atoms in total. The number of hydrogen-bond donors (Lipinski definition) is 1. The average molecular weight is 372 g/mol. The number of nitrogens with zero attached hydrogens (tertiary/aromatic N) is 3. The van der Waals surface area contributed by atoms with Gasteiger partial charge in [0.15, 0.2) is 11.0 Å². The lowest BCUT2D eigenvalue weighted by molar-refractivity contribution is -0.133. The second-order valence-corrected chi connectivity index (χ2v) is 5.91. The SMILES string of the molecule is COCCn1c(SCC(=O)O)nnc1-c1ccccc1Br. The molecule has 2 aromatic rings. The van der Waals surface area contributed by atoms with Crippen molar-refractivity contribution in [3.05, 3.63) is 28.7 Å². The largest absolute Gasteiger partial charge is 0.481 e. The van der Waals surface area contributed by atoms with Crippen LogP contribution >= 0.6 is 27.7 Å². The highest BCUT2D eigenvalue weighted by Gasteiger charge is 2.16. The molecule has 0 bridgehead atoms. The highest BCUT2D eigenvalue weighted by atomic mass is 79.9. The molecule has 0 atom stereocenters. The van der Waals surface area contributed by atoms with Gasteiger partial charge in [-0.25, -0.2) is 0 Å². The van der Waals surface area contributed by atoms with Crippen LogP contribution in [0, 0.1) is 0 Å². The van der Waals surface area contributed by atoms with Crippen LogP contribution in [0.2, 0.25) is 0 Å². The fourth-order valence-corrected chi connectivity index (χ4v) is 2.89. The molecule has 0 saturated heterocycles. The maximum absolute atomic E-state index is 10.7. The first-order valence-corrected chi connectivity index (χ1v) is 7.93. The molecule has 0 fully saturated rings. The van der Waals surface area contributed by atoms with Crippen molar-refractivity contribution in [1.82, 2.24) is 14.8 Å². The Labute approximate surface area is 134 Å². The first-order chi connectivity index (χ1) is 10.1. The minimum Gasteiger partial charge on any atom is -0.481 e. The summed E-state index contributed by atoms with van der Waals surface area (Å²) in [6.45, 7) is 1.05. The number of aliphatic carboxylic acids is 1. The smallest absolute Gasteiger partial charge is 0.313 e. The Kier molecular flexibility index (Phi) is 5.77. The molecular formula is C13H14BrN3O3S. The molecule has 0 saturated carbocycles. The monoisotopic (exact) mass is 371 g/mol. The van der Waals surface area contributed by atoms with E-state index in [1.807, 2.05) is 28.8 Å². The number of rotatable bonds is 7. The van der Waals surface area contributed by atoms with Crippen molar-refractivity contribution in [3.8, 4) is 11.4 Å². The van der Waals surface area contributed by atoms with Crippen LogP contribution in [0.5, 0.6) is 0 Å². The van der Waals surface area contributed by atoms with Crippen molar-refractivity contribution in [2.75, 3.05) is 19.5 Å². The van der Waals surface area contributed by atoms with E-state index in [2.05, 4.69) is 26.1 Å². The average Bonchev–Trinajstić information content (AvgIpc) is 2.86. The lowest BCUT2D eigenvalue weighted by atomic mass is 10.2. The van der Waals surface area contributed by atoms with Crippen LogP contribution < -0.4 is 0 Å². The number of ether oxygens (including phenoxy) is 1. The van der Waals surface area contributed by atoms with Gasteiger partial charge in [0.2, 0.25) is 0 Å². The minimum atomic E-state index is -0.885. The fourth-order valence-electron chi connectivity index (χ4n) is 1.75. The molecule has 1 aromatic carbocycles. The summed E-state index contributed by atoms with van der Waals surface area (Å²) < 4.78 is 7.88. The summed E-state index contributed by atoms with van der Waals surface area (Å²) >= 11 is 4.64. The third kappa shape index (κ3) is 4.05. The Morgan fingerprint density at radius 1 is 1.43 bits per heavy atom. The van der Waals surface area contributed by atoms with E-state index in [0.29, 0.717) is 24.1 Å². The van der Waals surface area contributed by atoms with E-state index < -0.39 is 5.97 Å². The van der Waals surface area contributed by atoms with E-state index in [0.717, 1.165) is 21.8 Å². The Morgan fingerprint density at radius 3 is 2.86 bits per heavy atom. The van der Waals surface area contributed by atoms with Crippen LogP contribution in [0.4, 0.5) is 0 Å². The third-order valence-electron chi connectivity index (χ3n) is 2.68. The minimum absolute atomic E-state index is 0.0545. The normalized spacial score (nSPS) is 10.8. The fraction of sp³-hybridized carbons (Fsp3) is 0.308. The second-order valence-electron chi connectivity index (χ2n) is 4.11. The molecule has 0 amide bonds. The number of benzene rings is 1. The van der Waals surface area contributed by atoms with Gasteiger partial charge in [0, 0.05) is 17.1 Å². The van der Waals surface area contributed by atoms with Crippen LogP contribution in [0.25, 0.3) is 11.4 Å². The Hall–Kier alpha value is -1.38. The van der Waals surface area contributed by atoms with Gasteiger partial charge in [0.05, 0.1) is 18.9 Å². The standard InChI is InChI=1S/C13H14BrN3O3S/c1-20-7-6-17-12(9-4-2-3-5-10(9)14)15-16-13(17)21-8-11(18)19/h2-5H,6-8H2,1H3,(H,18,19). The molecular weight excluding hydrogens is 358 g/mol. The molecule has 0 radical (unpaired) electrons. The molecule has 1 N–H and O–H groups in total. The first kappa shape index (κ1) is 16.0. The van der Waals surface area contributed by atoms with Gasteiger partial charge >= 0.3 is 5.97 Å². The number of methoxy groups -OCH3 is 1. The lowest BCUT2D eigenvalue weighted by Gasteiger charge is -2.10. The van der Waals surface area contributed by atoms with E-state index in [-0.39, 0.29) is 5.75 Å². The van der Waals surface area contributed by atoms with Gasteiger partial charge in [-0.3, -0.25) is 9.36 Å². The second kappa shape index (κ2) is 7.58. The molecule has 0 aliphatic heterocycles. The molecule has 0 aliphatic carbocycles. The van der Waals surface area contributed by atoms with Crippen molar-refractivity contribution in [3.63, 3.8) is 0 Å². The molecule has 0 aliphatic rings. The van der Waals surface area contributed by atoms with Gasteiger partial charge in [0.1, 0.15) is 0 Å². The number of carboxylic acids is 1.